The number of benzene rings is 1. The van der Waals surface area contributed by atoms with E-state index in [2.05, 4.69) is 62.1 Å². The number of hydrogen-bond donors (Lipinski definition) is 2. The molecule has 0 aliphatic carbocycles. The topological polar surface area (TPSA) is 61.6 Å². The fourth-order valence-electron chi connectivity index (χ4n) is 2.22. The van der Waals surface area contributed by atoms with Crippen LogP contribution < -0.4 is 11.3 Å². The van der Waals surface area contributed by atoms with Gasteiger partial charge in [0.1, 0.15) is 0 Å². The average molecular weight is 374 g/mol. The summed E-state index contributed by atoms with van der Waals surface area (Å²) in [5.74, 6) is 4.98. The van der Waals surface area contributed by atoms with Crippen LogP contribution in [0.2, 0.25) is 0 Å². The van der Waals surface area contributed by atoms with Gasteiger partial charge in [0.25, 0.3) is 0 Å². The van der Waals surface area contributed by atoms with Crippen molar-refractivity contribution in [2.45, 2.75) is 6.54 Å². The molecular weight excluding hydrogens is 355 g/mol. The van der Waals surface area contributed by atoms with Gasteiger partial charge in [-0.3, -0.25) is 20.0 Å². The van der Waals surface area contributed by atoms with E-state index in [4.69, 9.17) is 5.84 Å². The molecule has 2 rings (SSSR count). The van der Waals surface area contributed by atoms with E-state index in [-0.39, 0.29) is 5.91 Å². The lowest BCUT2D eigenvalue weighted by molar-refractivity contribution is -0.122. The Morgan fingerprint density at radius 1 is 1.21 bits per heavy atom. The molecule has 1 fully saturated rings. The van der Waals surface area contributed by atoms with Crippen LogP contribution in [0, 0.1) is 3.57 Å². The summed E-state index contributed by atoms with van der Waals surface area (Å²) in [7, 11) is 0. The van der Waals surface area contributed by atoms with Crippen molar-refractivity contribution in [2.24, 2.45) is 5.84 Å². The summed E-state index contributed by atoms with van der Waals surface area (Å²) in [5.41, 5.74) is 3.55. The van der Waals surface area contributed by atoms with Crippen molar-refractivity contribution in [2.75, 3.05) is 32.7 Å². The zero-order valence-electron chi connectivity index (χ0n) is 10.8. The van der Waals surface area contributed by atoms with Crippen molar-refractivity contribution in [3.05, 3.63) is 33.4 Å². The molecule has 0 bridgehead atoms. The highest BCUT2D eigenvalue weighted by Crippen LogP contribution is 2.15. The van der Waals surface area contributed by atoms with Crippen molar-refractivity contribution >= 4 is 28.5 Å². The van der Waals surface area contributed by atoms with Crippen molar-refractivity contribution in [3.8, 4) is 0 Å². The Morgan fingerprint density at radius 3 is 2.47 bits per heavy atom. The first-order valence-corrected chi connectivity index (χ1v) is 7.44. The minimum Gasteiger partial charge on any atom is -0.297 e. The maximum absolute atomic E-state index is 11.2. The fourth-order valence-corrected chi connectivity index (χ4v) is 2.78. The van der Waals surface area contributed by atoms with Crippen LogP contribution in [0.3, 0.4) is 0 Å². The highest BCUT2D eigenvalue weighted by Gasteiger charge is 2.18. The first kappa shape index (κ1) is 14.7. The maximum atomic E-state index is 11.2. The van der Waals surface area contributed by atoms with E-state index >= 15 is 0 Å². The van der Waals surface area contributed by atoms with Gasteiger partial charge in [-0.25, -0.2) is 5.84 Å². The summed E-state index contributed by atoms with van der Waals surface area (Å²) in [5, 5.41) is 0. The second-order valence-electron chi connectivity index (χ2n) is 4.71. The predicted molar refractivity (Wildman–Crippen MR) is 83.2 cm³/mol. The number of nitrogens with one attached hydrogen (secondary N) is 1. The summed E-state index contributed by atoms with van der Waals surface area (Å²) in [6, 6.07) is 8.46. The normalized spacial score (nSPS) is 17.4. The summed E-state index contributed by atoms with van der Waals surface area (Å²) in [4.78, 5) is 15.8. The number of carbonyl (C=O) groups is 1. The molecule has 0 aromatic heterocycles. The van der Waals surface area contributed by atoms with Crippen LogP contribution in [0.4, 0.5) is 0 Å². The van der Waals surface area contributed by atoms with Crippen molar-refractivity contribution in [1.82, 2.24) is 15.2 Å². The third kappa shape index (κ3) is 4.41. The Morgan fingerprint density at radius 2 is 1.84 bits per heavy atom. The molecule has 1 aromatic rings. The molecule has 1 aliphatic heterocycles. The first-order valence-electron chi connectivity index (χ1n) is 6.36. The van der Waals surface area contributed by atoms with Crippen molar-refractivity contribution in [3.63, 3.8) is 0 Å². The molecule has 1 amide bonds. The lowest BCUT2D eigenvalue weighted by Crippen LogP contribution is -2.49. The molecule has 3 N–H and O–H groups in total. The van der Waals surface area contributed by atoms with Crippen molar-refractivity contribution < 1.29 is 4.79 Å². The summed E-state index contributed by atoms with van der Waals surface area (Å²) in [6.07, 6.45) is 0. The highest BCUT2D eigenvalue weighted by molar-refractivity contribution is 14.1. The van der Waals surface area contributed by atoms with E-state index in [0.29, 0.717) is 6.54 Å². The molecule has 104 valence electrons. The molecule has 5 nitrogen and oxygen atoms in total. The van der Waals surface area contributed by atoms with Gasteiger partial charge >= 0.3 is 0 Å². The highest BCUT2D eigenvalue weighted by atomic mass is 127. The molecule has 0 radical (unpaired) electrons. The minimum atomic E-state index is -0.119. The van der Waals surface area contributed by atoms with Crippen LogP contribution in [0.5, 0.6) is 0 Å². The number of hydrazine groups is 1. The molecular formula is C13H19IN4O. The molecule has 1 aromatic carbocycles. The van der Waals surface area contributed by atoms with Gasteiger partial charge in [-0.2, -0.15) is 0 Å². The SMILES string of the molecule is NNC(=O)CN1CCN(Cc2ccccc2I)CC1. The van der Waals surface area contributed by atoms with Crippen LogP contribution in [-0.2, 0) is 11.3 Å². The third-order valence-electron chi connectivity index (χ3n) is 3.34. The predicted octanol–water partition coefficient (Wildman–Crippen LogP) is 0.399. The number of piperazine rings is 1. The molecule has 1 saturated heterocycles. The van der Waals surface area contributed by atoms with E-state index in [0.717, 1.165) is 32.7 Å². The van der Waals surface area contributed by atoms with Gasteiger partial charge in [-0.05, 0) is 34.2 Å². The monoisotopic (exact) mass is 374 g/mol. The Kier molecular flexibility index (Phi) is 5.56. The van der Waals surface area contributed by atoms with Crippen LogP contribution in [0.15, 0.2) is 24.3 Å². The van der Waals surface area contributed by atoms with Gasteiger partial charge in [-0.1, -0.05) is 18.2 Å². The van der Waals surface area contributed by atoms with E-state index in [1.807, 2.05) is 0 Å². The molecule has 0 saturated carbocycles. The van der Waals surface area contributed by atoms with Crippen molar-refractivity contribution in [1.29, 1.82) is 0 Å². The van der Waals surface area contributed by atoms with E-state index in [9.17, 15) is 4.79 Å². The quantitative estimate of drug-likeness (QED) is 0.347. The van der Waals surface area contributed by atoms with Gasteiger partial charge in [0.05, 0.1) is 6.54 Å². The van der Waals surface area contributed by atoms with Crippen LogP contribution >= 0.6 is 22.6 Å². The summed E-state index contributed by atoms with van der Waals surface area (Å²) in [6.45, 7) is 5.18. The third-order valence-corrected chi connectivity index (χ3v) is 4.40. The number of nitrogens with two attached hydrogens (primary N) is 1. The number of amides is 1. The van der Waals surface area contributed by atoms with Crippen LogP contribution in [-0.4, -0.2) is 48.4 Å². The second kappa shape index (κ2) is 7.18. The van der Waals surface area contributed by atoms with Gasteiger partial charge in [0.15, 0.2) is 0 Å². The molecule has 0 atom stereocenters. The minimum absolute atomic E-state index is 0.119. The zero-order valence-corrected chi connectivity index (χ0v) is 13.0. The molecule has 6 heteroatoms. The molecule has 0 spiro atoms. The van der Waals surface area contributed by atoms with Gasteiger partial charge in [0.2, 0.25) is 5.91 Å². The van der Waals surface area contributed by atoms with Crippen LogP contribution in [0.25, 0.3) is 0 Å². The lowest BCUT2D eigenvalue weighted by atomic mass is 10.2. The Hall–Kier alpha value is -0.700. The first-order chi connectivity index (χ1) is 9.19. The number of rotatable bonds is 4. The lowest BCUT2D eigenvalue weighted by Gasteiger charge is -2.34. The van der Waals surface area contributed by atoms with Gasteiger partial charge in [0, 0.05) is 36.3 Å². The average Bonchev–Trinajstić information content (AvgIpc) is 2.43. The molecule has 0 unspecified atom stereocenters. The summed E-state index contributed by atoms with van der Waals surface area (Å²) < 4.78 is 1.31. The number of nitrogens with zero attached hydrogens (tertiary/aromatic N) is 2. The largest absolute Gasteiger partial charge is 0.297 e. The van der Waals surface area contributed by atoms with Crippen LogP contribution in [0.1, 0.15) is 5.56 Å². The maximum Gasteiger partial charge on any atom is 0.248 e. The van der Waals surface area contributed by atoms with E-state index < -0.39 is 0 Å². The zero-order chi connectivity index (χ0) is 13.7. The number of carbonyl (C=O) groups excluding carboxylic acids is 1. The second-order valence-corrected chi connectivity index (χ2v) is 5.87. The number of hydrogen-bond acceptors (Lipinski definition) is 4. The Balaban J connectivity index is 1.81. The number of halogens is 1. The Labute approximate surface area is 127 Å². The van der Waals surface area contributed by atoms with Gasteiger partial charge in [-0.15, -0.1) is 0 Å². The molecule has 1 aliphatic rings. The van der Waals surface area contributed by atoms with E-state index in [1.54, 1.807) is 0 Å². The molecule has 1 heterocycles. The van der Waals surface area contributed by atoms with E-state index in [1.165, 1.54) is 9.13 Å². The van der Waals surface area contributed by atoms with Gasteiger partial charge < -0.3 is 0 Å². The standard InChI is InChI=1S/C13H19IN4O/c14-12-4-2-1-3-11(12)9-17-5-7-18(8-6-17)10-13(19)16-15/h1-4H,5-10,15H2,(H,16,19). The summed E-state index contributed by atoms with van der Waals surface area (Å²) >= 11 is 2.38. The molecule has 19 heavy (non-hydrogen) atoms. The Bertz CT molecular complexity index is 432. The smallest absolute Gasteiger partial charge is 0.248 e. The fraction of sp³-hybridized carbons (Fsp3) is 0.462.